The van der Waals surface area contributed by atoms with Gasteiger partial charge in [-0.2, -0.15) is 0 Å². The van der Waals surface area contributed by atoms with Crippen LogP contribution in [0.4, 0.5) is 5.69 Å². The summed E-state index contributed by atoms with van der Waals surface area (Å²) in [5, 5.41) is 2.56. The Morgan fingerprint density at radius 1 is 1.00 bits per heavy atom. The Hall–Kier alpha value is -3.15. The Morgan fingerprint density at radius 2 is 1.72 bits per heavy atom. The van der Waals surface area contributed by atoms with Gasteiger partial charge in [0.2, 0.25) is 0 Å². The third-order valence-electron chi connectivity index (χ3n) is 3.29. The number of hydrogen-bond acceptors (Lipinski definition) is 5. The second-order valence-electron chi connectivity index (χ2n) is 5.45. The number of rotatable bonds is 7. The number of anilines is 1. The molecule has 0 aromatic heterocycles. The van der Waals surface area contributed by atoms with E-state index in [0.29, 0.717) is 17.0 Å². The maximum Gasteiger partial charge on any atom is 0.344 e. The van der Waals surface area contributed by atoms with Crippen LogP contribution in [0.25, 0.3) is 0 Å². The second-order valence-corrected chi connectivity index (χ2v) is 5.45. The first-order valence-corrected chi connectivity index (χ1v) is 7.70. The van der Waals surface area contributed by atoms with E-state index >= 15 is 0 Å². The van der Waals surface area contributed by atoms with Crippen molar-refractivity contribution in [3.05, 3.63) is 59.7 Å². The van der Waals surface area contributed by atoms with E-state index in [4.69, 9.17) is 9.47 Å². The average Bonchev–Trinajstić information content (AvgIpc) is 2.59. The molecule has 0 bridgehead atoms. The molecule has 2 rings (SSSR count). The van der Waals surface area contributed by atoms with Gasteiger partial charge in [-0.05, 0) is 38.1 Å². The highest BCUT2D eigenvalue weighted by atomic mass is 16.6. The van der Waals surface area contributed by atoms with Gasteiger partial charge in [-0.1, -0.05) is 29.8 Å². The zero-order valence-electron chi connectivity index (χ0n) is 14.1. The number of nitrogens with one attached hydrogen (secondary N) is 1. The number of esters is 1. The number of hydrogen-bond donors (Lipinski definition) is 1. The fraction of sp³-hybridized carbons (Fsp3) is 0.211. The molecule has 0 spiro atoms. The van der Waals surface area contributed by atoms with E-state index in [1.807, 2.05) is 19.1 Å². The molecule has 2 aromatic carbocycles. The molecule has 0 aliphatic carbocycles. The van der Waals surface area contributed by atoms with Crippen molar-refractivity contribution in [2.75, 3.05) is 18.5 Å². The van der Waals surface area contributed by atoms with Gasteiger partial charge in [0.1, 0.15) is 5.75 Å². The number of aryl methyl sites for hydroxylation is 1. The molecule has 2 aromatic rings. The van der Waals surface area contributed by atoms with Crippen molar-refractivity contribution in [3.63, 3.8) is 0 Å². The lowest BCUT2D eigenvalue weighted by Gasteiger charge is -2.08. The zero-order valence-corrected chi connectivity index (χ0v) is 14.1. The van der Waals surface area contributed by atoms with Crippen LogP contribution in [0.2, 0.25) is 0 Å². The van der Waals surface area contributed by atoms with E-state index in [2.05, 4.69) is 5.32 Å². The topological polar surface area (TPSA) is 81.7 Å². The number of amides is 1. The highest BCUT2D eigenvalue weighted by Gasteiger charge is 2.09. The predicted octanol–water partition coefficient (Wildman–Crippen LogP) is 2.76. The Balaban J connectivity index is 1.75. The summed E-state index contributed by atoms with van der Waals surface area (Å²) in [7, 11) is 0. The lowest BCUT2D eigenvalue weighted by molar-refractivity contribution is -0.149. The standard InChI is InChI=1S/C19H19NO5/c1-13-6-8-17(9-7-13)24-12-19(23)25-11-18(22)20-16-5-3-4-15(10-16)14(2)21/h3-10H,11-12H2,1-2H3,(H,20,22). The van der Waals surface area contributed by atoms with Gasteiger partial charge in [-0.15, -0.1) is 0 Å². The number of Topliss-reactive ketones (excluding diaryl/α,β-unsaturated/α-hetero) is 1. The number of ether oxygens (including phenoxy) is 2. The summed E-state index contributed by atoms with van der Waals surface area (Å²) in [6.45, 7) is 2.68. The van der Waals surface area contributed by atoms with E-state index in [1.165, 1.54) is 6.92 Å². The molecule has 0 radical (unpaired) electrons. The van der Waals surface area contributed by atoms with Crippen LogP contribution >= 0.6 is 0 Å². The quantitative estimate of drug-likeness (QED) is 0.618. The van der Waals surface area contributed by atoms with E-state index in [-0.39, 0.29) is 12.4 Å². The maximum atomic E-state index is 11.8. The molecule has 25 heavy (non-hydrogen) atoms. The van der Waals surface area contributed by atoms with Gasteiger partial charge in [0, 0.05) is 11.3 Å². The lowest BCUT2D eigenvalue weighted by atomic mass is 10.1. The van der Waals surface area contributed by atoms with E-state index < -0.39 is 18.5 Å². The highest BCUT2D eigenvalue weighted by molar-refractivity contribution is 5.97. The lowest BCUT2D eigenvalue weighted by Crippen LogP contribution is -2.23. The molecule has 6 nitrogen and oxygen atoms in total. The van der Waals surface area contributed by atoms with Crippen molar-refractivity contribution in [2.45, 2.75) is 13.8 Å². The van der Waals surface area contributed by atoms with Crippen molar-refractivity contribution in [1.29, 1.82) is 0 Å². The highest BCUT2D eigenvalue weighted by Crippen LogP contribution is 2.12. The van der Waals surface area contributed by atoms with E-state index in [0.717, 1.165) is 5.56 Å². The fourth-order valence-electron chi connectivity index (χ4n) is 1.98. The first-order valence-electron chi connectivity index (χ1n) is 7.70. The number of benzene rings is 2. The van der Waals surface area contributed by atoms with Crippen molar-refractivity contribution < 1.29 is 23.9 Å². The monoisotopic (exact) mass is 341 g/mol. The smallest absolute Gasteiger partial charge is 0.344 e. The summed E-state index contributed by atoms with van der Waals surface area (Å²) in [5.74, 6) is -0.693. The summed E-state index contributed by atoms with van der Waals surface area (Å²) >= 11 is 0. The van der Waals surface area contributed by atoms with Crippen molar-refractivity contribution in [2.24, 2.45) is 0 Å². The summed E-state index contributed by atoms with van der Waals surface area (Å²) in [6, 6.07) is 13.7. The van der Waals surface area contributed by atoms with Crippen LogP contribution in [-0.4, -0.2) is 30.9 Å². The van der Waals surface area contributed by atoms with Crippen LogP contribution in [-0.2, 0) is 14.3 Å². The summed E-state index contributed by atoms with van der Waals surface area (Å²) in [6.07, 6.45) is 0. The predicted molar refractivity (Wildman–Crippen MR) is 92.7 cm³/mol. The minimum atomic E-state index is -0.645. The molecule has 0 heterocycles. The maximum absolute atomic E-state index is 11.8. The molecule has 1 amide bonds. The van der Waals surface area contributed by atoms with Crippen LogP contribution in [0.15, 0.2) is 48.5 Å². The Morgan fingerprint density at radius 3 is 2.40 bits per heavy atom. The molecule has 0 fully saturated rings. The first-order chi connectivity index (χ1) is 11.9. The molecule has 0 atom stereocenters. The minimum Gasteiger partial charge on any atom is -0.482 e. The van der Waals surface area contributed by atoms with Gasteiger partial charge in [-0.3, -0.25) is 9.59 Å². The Bertz CT molecular complexity index is 768. The largest absolute Gasteiger partial charge is 0.482 e. The van der Waals surface area contributed by atoms with E-state index in [1.54, 1.807) is 36.4 Å². The first kappa shape index (κ1) is 18.2. The van der Waals surface area contributed by atoms with Crippen LogP contribution in [0.1, 0.15) is 22.8 Å². The second kappa shape index (κ2) is 8.63. The van der Waals surface area contributed by atoms with Gasteiger partial charge < -0.3 is 14.8 Å². The molecule has 0 unspecified atom stereocenters. The van der Waals surface area contributed by atoms with Crippen LogP contribution in [0.5, 0.6) is 5.75 Å². The third-order valence-corrected chi connectivity index (χ3v) is 3.29. The third kappa shape index (κ3) is 6.10. The normalized spacial score (nSPS) is 10.0. The summed E-state index contributed by atoms with van der Waals surface area (Å²) in [4.78, 5) is 34.7. The van der Waals surface area contributed by atoms with Crippen LogP contribution in [0, 0.1) is 6.92 Å². The zero-order chi connectivity index (χ0) is 18.2. The van der Waals surface area contributed by atoms with Gasteiger partial charge in [0.15, 0.2) is 19.0 Å². The molecule has 0 aliphatic rings. The fourth-order valence-corrected chi connectivity index (χ4v) is 1.98. The molecule has 6 heteroatoms. The van der Waals surface area contributed by atoms with Gasteiger partial charge in [-0.25, -0.2) is 4.79 Å². The molecule has 130 valence electrons. The van der Waals surface area contributed by atoms with Crippen molar-refractivity contribution in [1.82, 2.24) is 0 Å². The van der Waals surface area contributed by atoms with Crippen LogP contribution in [0.3, 0.4) is 0 Å². The number of ketones is 1. The molecular weight excluding hydrogens is 322 g/mol. The number of carbonyl (C=O) groups is 3. The van der Waals surface area contributed by atoms with Gasteiger partial charge in [0.25, 0.3) is 5.91 Å². The van der Waals surface area contributed by atoms with Crippen molar-refractivity contribution >= 4 is 23.3 Å². The minimum absolute atomic E-state index is 0.101. The van der Waals surface area contributed by atoms with Crippen molar-refractivity contribution in [3.8, 4) is 5.75 Å². The van der Waals surface area contributed by atoms with Crippen LogP contribution < -0.4 is 10.1 Å². The molecule has 0 aliphatic heterocycles. The molecule has 1 N–H and O–H groups in total. The average molecular weight is 341 g/mol. The Labute approximate surface area is 145 Å². The van der Waals surface area contributed by atoms with Gasteiger partial charge >= 0.3 is 5.97 Å². The van der Waals surface area contributed by atoms with E-state index in [9.17, 15) is 14.4 Å². The SMILES string of the molecule is CC(=O)c1cccc(NC(=O)COC(=O)COc2ccc(C)cc2)c1. The Kier molecular flexibility index (Phi) is 6.28. The number of carbonyl (C=O) groups excluding carboxylic acids is 3. The molecular formula is C19H19NO5. The summed E-state index contributed by atoms with van der Waals surface area (Å²) < 4.78 is 10.1. The van der Waals surface area contributed by atoms with Gasteiger partial charge in [0.05, 0.1) is 0 Å². The molecule has 0 saturated carbocycles. The summed E-state index contributed by atoms with van der Waals surface area (Å²) in [5.41, 5.74) is 2.03. The molecule has 0 saturated heterocycles.